The molecule has 0 atom stereocenters. The van der Waals surface area contributed by atoms with Crippen molar-refractivity contribution in [1.29, 1.82) is 0 Å². The predicted molar refractivity (Wildman–Crippen MR) is 68.7 cm³/mol. The summed E-state index contributed by atoms with van der Waals surface area (Å²) in [5.41, 5.74) is 7.99. The van der Waals surface area contributed by atoms with Crippen LogP contribution in [0.1, 0.15) is 31.9 Å². The van der Waals surface area contributed by atoms with Gasteiger partial charge >= 0.3 is 6.09 Å². The number of hydrogen-bond acceptors (Lipinski definition) is 3. The number of hydrogen-bond donors (Lipinski definition) is 2. The first-order valence-corrected chi connectivity index (χ1v) is 5.59. The van der Waals surface area contributed by atoms with Crippen molar-refractivity contribution >= 4 is 11.8 Å². The minimum atomic E-state index is -0.476. The molecule has 0 heterocycles. The van der Waals surface area contributed by atoms with Gasteiger partial charge in [-0.05, 0) is 51.0 Å². The average molecular weight is 236 g/mol. The lowest BCUT2D eigenvalue weighted by Gasteiger charge is -2.19. The van der Waals surface area contributed by atoms with Gasteiger partial charge in [0.15, 0.2) is 0 Å². The minimum Gasteiger partial charge on any atom is -0.444 e. The quantitative estimate of drug-likeness (QED) is 0.776. The molecule has 0 bridgehead atoms. The van der Waals surface area contributed by atoms with E-state index in [1.54, 1.807) is 0 Å². The van der Waals surface area contributed by atoms with Crippen LogP contribution in [0, 0.1) is 6.92 Å². The number of amides is 1. The molecule has 0 aliphatic carbocycles. The number of benzene rings is 1. The number of nitrogens with one attached hydrogen (secondary N) is 1. The van der Waals surface area contributed by atoms with Gasteiger partial charge in [0.05, 0.1) is 0 Å². The number of aryl methyl sites for hydroxylation is 1. The predicted octanol–water partition coefficient (Wildman–Crippen LogP) is 2.60. The van der Waals surface area contributed by atoms with Crippen LogP contribution >= 0.6 is 0 Å². The molecule has 4 nitrogen and oxygen atoms in total. The molecule has 1 aromatic rings. The molecule has 0 unspecified atom stereocenters. The van der Waals surface area contributed by atoms with Gasteiger partial charge in [-0.2, -0.15) is 0 Å². The molecular formula is C13H20N2O2. The number of rotatable bonds is 2. The van der Waals surface area contributed by atoms with Crippen molar-refractivity contribution in [2.45, 2.75) is 39.8 Å². The minimum absolute atomic E-state index is 0.417. The SMILES string of the molecule is Cc1cc(N)cc(CNC(=O)OC(C)(C)C)c1. The largest absolute Gasteiger partial charge is 0.444 e. The van der Waals surface area contributed by atoms with E-state index in [9.17, 15) is 4.79 Å². The Morgan fingerprint density at radius 2 is 2.00 bits per heavy atom. The summed E-state index contributed by atoms with van der Waals surface area (Å²) in [5, 5.41) is 2.69. The third-order valence-electron chi connectivity index (χ3n) is 2.00. The highest BCUT2D eigenvalue weighted by Gasteiger charge is 2.15. The molecule has 3 N–H and O–H groups in total. The molecule has 0 aliphatic rings. The summed E-state index contributed by atoms with van der Waals surface area (Å²) >= 11 is 0. The van der Waals surface area contributed by atoms with Crippen molar-refractivity contribution < 1.29 is 9.53 Å². The normalized spacial score (nSPS) is 11.1. The van der Waals surface area contributed by atoms with E-state index in [-0.39, 0.29) is 0 Å². The number of anilines is 1. The molecule has 0 fully saturated rings. The number of carbonyl (C=O) groups excluding carboxylic acids is 1. The second-order valence-electron chi connectivity index (χ2n) is 5.11. The molecule has 0 saturated carbocycles. The lowest BCUT2D eigenvalue weighted by atomic mass is 10.1. The molecule has 94 valence electrons. The third-order valence-corrected chi connectivity index (χ3v) is 2.00. The van der Waals surface area contributed by atoms with Crippen molar-refractivity contribution in [2.75, 3.05) is 5.73 Å². The van der Waals surface area contributed by atoms with Gasteiger partial charge in [0, 0.05) is 12.2 Å². The smallest absolute Gasteiger partial charge is 0.407 e. The Morgan fingerprint density at radius 3 is 2.53 bits per heavy atom. The molecule has 1 aromatic carbocycles. The zero-order chi connectivity index (χ0) is 13.1. The van der Waals surface area contributed by atoms with Crippen LogP contribution in [-0.4, -0.2) is 11.7 Å². The van der Waals surface area contributed by atoms with Crippen molar-refractivity contribution in [1.82, 2.24) is 5.32 Å². The second kappa shape index (κ2) is 5.08. The first-order valence-electron chi connectivity index (χ1n) is 5.59. The van der Waals surface area contributed by atoms with Crippen LogP contribution in [0.5, 0.6) is 0 Å². The summed E-state index contributed by atoms with van der Waals surface area (Å²) in [6.07, 6.45) is -0.419. The van der Waals surface area contributed by atoms with Crippen LogP contribution in [0.15, 0.2) is 18.2 Å². The highest BCUT2D eigenvalue weighted by atomic mass is 16.6. The summed E-state index contributed by atoms with van der Waals surface area (Å²) in [6, 6.07) is 5.70. The summed E-state index contributed by atoms with van der Waals surface area (Å²) in [6.45, 7) is 7.87. The summed E-state index contributed by atoms with van der Waals surface area (Å²) in [5.74, 6) is 0. The first-order chi connectivity index (χ1) is 7.76. The number of nitrogens with two attached hydrogens (primary N) is 1. The van der Waals surface area contributed by atoms with Crippen LogP contribution in [-0.2, 0) is 11.3 Å². The zero-order valence-corrected chi connectivity index (χ0v) is 10.8. The van der Waals surface area contributed by atoms with E-state index in [2.05, 4.69) is 5.32 Å². The maximum absolute atomic E-state index is 11.4. The van der Waals surface area contributed by atoms with Crippen LogP contribution < -0.4 is 11.1 Å². The topological polar surface area (TPSA) is 64.3 Å². The fourth-order valence-corrected chi connectivity index (χ4v) is 1.48. The Hall–Kier alpha value is -1.71. The van der Waals surface area contributed by atoms with Crippen LogP contribution in [0.25, 0.3) is 0 Å². The highest BCUT2D eigenvalue weighted by molar-refractivity contribution is 5.67. The monoisotopic (exact) mass is 236 g/mol. The molecule has 1 amide bonds. The maximum atomic E-state index is 11.4. The molecule has 1 rings (SSSR count). The summed E-state index contributed by atoms with van der Waals surface area (Å²) < 4.78 is 5.14. The molecule has 0 aromatic heterocycles. The highest BCUT2D eigenvalue weighted by Crippen LogP contribution is 2.11. The molecule has 4 heteroatoms. The van der Waals surface area contributed by atoms with Crippen molar-refractivity contribution in [3.63, 3.8) is 0 Å². The number of carbonyl (C=O) groups is 1. The van der Waals surface area contributed by atoms with Crippen molar-refractivity contribution in [3.05, 3.63) is 29.3 Å². The zero-order valence-electron chi connectivity index (χ0n) is 10.8. The van der Waals surface area contributed by atoms with Gasteiger partial charge in [-0.25, -0.2) is 4.79 Å². The fraction of sp³-hybridized carbons (Fsp3) is 0.462. The first kappa shape index (κ1) is 13.4. The van der Waals surface area contributed by atoms with Crippen LogP contribution in [0.2, 0.25) is 0 Å². The Kier molecular flexibility index (Phi) is 3.99. The average Bonchev–Trinajstić information content (AvgIpc) is 2.10. The Balaban J connectivity index is 2.53. The van der Waals surface area contributed by atoms with Gasteiger partial charge in [0.2, 0.25) is 0 Å². The van der Waals surface area contributed by atoms with Gasteiger partial charge < -0.3 is 15.8 Å². The number of alkyl carbamates (subject to hydrolysis) is 1. The van der Waals surface area contributed by atoms with E-state index in [1.807, 2.05) is 45.9 Å². The van der Waals surface area contributed by atoms with Gasteiger partial charge in [-0.1, -0.05) is 6.07 Å². The molecule has 0 radical (unpaired) electrons. The van der Waals surface area contributed by atoms with E-state index >= 15 is 0 Å². The van der Waals surface area contributed by atoms with Gasteiger partial charge in [-0.3, -0.25) is 0 Å². The van der Waals surface area contributed by atoms with E-state index in [0.717, 1.165) is 11.1 Å². The molecule has 17 heavy (non-hydrogen) atoms. The second-order valence-corrected chi connectivity index (χ2v) is 5.11. The van der Waals surface area contributed by atoms with Crippen molar-refractivity contribution in [3.8, 4) is 0 Å². The van der Waals surface area contributed by atoms with Gasteiger partial charge in [0.25, 0.3) is 0 Å². The molecule has 0 saturated heterocycles. The molecule has 0 aliphatic heterocycles. The van der Waals surface area contributed by atoms with Crippen LogP contribution in [0.3, 0.4) is 0 Å². The lowest BCUT2D eigenvalue weighted by Crippen LogP contribution is -2.32. The maximum Gasteiger partial charge on any atom is 0.407 e. The third kappa shape index (κ3) is 5.24. The fourth-order valence-electron chi connectivity index (χ4n) is 1.48. The summed E-state index contributed by atoms with van der Waals surface area (Å²) in [7, 11) is 0. The van der Waals surface area contributed by atoms with Gasteiger partial charge in [0.1, 0.15) is 5.60 Å². The van der Waals surface area contributed by atoms with Crippen molar-refractivity contribution in [2.24, 2.45) is 0 Å². The van der Waals surface area contributed by atoms with E-state index in [4.69, 9.17) is 10.5 Å². The summed E-state index contributed by atoms with van der Waals surface area (Å²) in [4.78, 5) is 11.4. The molecule has 0 spiro atoms. The number of ether oxygens (including phenoxy) is 1. The number of nitrogen functional groups attached to an aromatic ring is 1. The Labute approximate surface area is 102 Å². The van der Waals surface area contributed by atoms with E-state index in [1.165, 1.54) is 0 Å². The lowest BCUT2D eigenvalue weighted by molar-refractivity contribution is 0.0523. The van der Waals surface area contributed by atoms with E-state index in [0.29, 0.717) is 12.2 Å². The Morgan fingerprint density at radius 1 is 1.35 bits per heavy atom. The molecular weight excluding hydrogens is 216 g/mol. The standard InChI is InChI=1S/C13H20N2O2/c1-9-5-10(7-11(14)6-9)8-15-12(16)17-13(2,3)4/h5-7H,8,14H2,1-4H3,(H,15,16). The van der Waals surface area contributed by atoms with E-state index < -0.39 is 11.7 Å². The Bertz CT molecular complexity index is 388. The van der Waals surface area contributed by atoms with Gasteiger partial charge in [-0.15, -0.1) is 0 Å². The van der Waals surface area contributed by atoms with Crippen LogP contribution in [0.4, 0.5) is 10.5 Å².